The first kappa shape index (κ1) is 23.6. The van der Waals surface area contributed by atoms with Crippen LogP contribution in [0.15, 0.2) is 4.99 Å². The Morgan fingerprint density at radius 3 is 2.46 bits per heavy atom. The summed E-state index contributed by atoms with van der Waals surface area (Å²) in [6, 6.07) is 0.596. The van der Waals surface area contributed by atoms with Gasteiger partial charge in [0.15, 0.2) is 5.96 Å². The smallest absolute Gasteiger partial charge is 0.191 e. The second-order valence-electron chi connectivity index (χ2n) is 7.34. The molecule has 7 heteroatoms. The molecule has 0 aliphatic carbocycles. The number of nitrogens with one attached hydrogen (secondary N) is 2. The molecule has 1 atom stereocenters. The summed E-state index contributed by atoms with van der Waals surface area (Å²) in [5.41, 5.74) is 1.11. The van der Waals surface area contributed by atoms with Gasteiger partial charge >= 0.3 is 0 Å². The molecule has 1 aliphatic heterocycles. The molecule has 1 aromatic heterocycles. The number of aliphatic imine (C=N–C) groups is 1. The van der Waals surface area contributed by atoms with E-state index in [-0.39, 0.29) is 24.0 Å². The van der Waals surface area contributed by atoms with Gasteiger partial charge in [-0.15, -0.1) is 35.3 Å². The zero-order valence-corrected chi connectivity index (χ0v) is 20.1. The number of rotatable bonds is 8. The maximum absolute atomic E-state index is 4.78. The third-order valence-corrected chi connectivity index (χ3v) is 5.69. The van der Waals surface area contributed by atoms with E-state index in [1.807, 2.05) is 0 Å². The number of hydrogen-bond acceptors (Lipinski definition) is 4. The lowest BCUT2D eigenvalue weighted by molar-refractivity contribution is 0.213. The first-order valence-corrected chi connectivity index (χ1v) is 10.5. The number of nitrogens with zero attached hydrogens (tertiary/aromatic N) is 3. The van der Waals surface area contributed by atoms with Gasteiger partial charge in [0.05, 0.1) is 17.2 Å². The van der Waals surface area contributed by atoms with Crippen molar-refractivity contribution >= 4 is 41.3 Å². The quantitative estimate of drug-likeness (QED) is 0.327. The van der Waals surface area contributed by atoms with Crippen LogP contribution in [-0.4, -0.2) is 48.1 Å². The van der Waals surface area contributed by atoms with Crippen LogP contribution in [0.5, 0.6) is 0 Å². The van der Waals surface area contributed by atoms with E-state index in [0.717, 1.165) is 35.7 Å². The van der Waals surface area contributed by atoms with Crippen molar-refractivity contribution < 1.29 is 0 Å². The summed E-state index contributed by atoms with van der Waals surface area (Å²) in [5, 5.41) is 8.08. The molecule has 1 aromatic rings. The Morgan fingerprint density at radius 1 is 1.23 bits per heavy atom. The first-order chi connectivity index (χ1) is 12.0. The topological polar surface area (TPSA) is 52.6 Å². The Bertz CT molecular complexity index is 552. The molecule has 2 N–H and O–H groups in total. The summed E-state index contributed by atoms with van der Waals surface area (Å²) < 4.78 is 0. The number of halogens is 1. The van der Waals surface area contributed by atoms with Gasteiger partial charge in [-0.1, -0.05) is 13.8 Å². The fourth-order valence-electron chi connectivity index (χ4n) is 3.44. The molecule has 26 heavy (non-hydrogen) atoms. The van der Waals surface area contributed by atoms with Crippen LogP contribution in [-0.2, 0) is 6.54 Å². The fraction of sp³-hybridized carbons (Fsp3) is 0.789. The van der Waals surface area contributed by atoms with Crippen LogP contribution in [0.25, 0.3) is 0 Å². The summed E-state index contributed by atoms with van der Waals surface area (Å²) in [6.45, 7) is 15.9. The van der Waals surface area contributed by atoms with Gasteiger partial charge in [0.1, 0.15) is 0 Å². The first-order valence-electron chi connectivity index (χ1n) is 9.68. The summed E-state index contributed by atoms with van der Waals surface area (Å²) in [7, 11) is 0. The van der Waals surface area contributed by atoms with Gasteiger partial charge in [0.25, 0.3) is 0 Å². The molecule has 1 saturated heterocycles. The lowest BCUT2D eigenvalue weighted by atomic mass is 10.0. The highest BCUT2D eigenvalue weighted by Gasteiger charge is 2.22. The minimum atomic E-state index is 0. The molecule has 1 aliphatic rings. The van der Waals surface area contributed by atoms with Gasteiger partial charge in [0, 0.05) is 24.0 Å². The van der Waals surface area contributed by atoms with E-state index in [2.05, 4.69) is 55.1 Å². The van der Waals surface area contributed by atoms with Crippen molar-refractivity contribution in [2.45, 2.75) is 66.5 Å². The minimum Gasteiger partial charge on any atom is -0.357 e. The maximum Gasteiger partial charge on any atom is 0.191 e. The van der Waals surface area contributed by atoms with Crippen molar-refractivity contribution in [1.82, 2.24) is 20.5 Å². The number of guanidine groups is 1. The molecule has 0 aromatic carbocycles. The molecule has 2 rings (SSSR count). The van der Waals surface area contributed by atoms with E-state index in [0.29, 0.717) is 12.6 Å². The monoisotopic (exact) mass is 493 g/mol. The molecule has 0 amide bonds. The average molecular weight is 494 g/mol. The second-order valence-corrected chi connectivity index (χ2v) is 8.63. The predicted molar refractivity (Wildman–Crippen MR) is 124 cm³/mol. The Hall–Kier alpha value is -0.410. The molecule has 1 fully saturated rings. The predicted octanol–water partition coefficient (Wildman–Crippen LogP) is 3.94. The Balaban J connectivity index is 0.00000338. The van der Waals surface area contributed by atoms with Crippen LogP contribution >= 0.6 is 35.3 Å². The zero-order chi connectivity index (χ0) is 18.2. The van der Waals surface area contributed by atoms with Crippen LogP contribution < -0.4 is 10.6 Å². The Labute approximate surface area is 180 Å². The number of thiazole rings is 1. The van der Waals surface area contributed by atoms with Crippen molar-refractivity contribution in [3.63, 3.8) is 0 Å². The summed E-state index contributed by atoms with van der Waals surface area (Å²) in [5.74, 6) is 1.63. The SMILES string of the molecule is CCNC(=NCc1sc(C)nc1C)NCC(CC(C)C)N1CCCC1.I. The van der Waals surface area contributed by atoms with Crippen LogP contribution in [0.1, 0.15) is 55.6 Å². The summed E-state index contributed by atoms with van der Waals surface area (Å²) in [4.78, 5) is 13.2. The second kappa shape index (κ2) is 12.1. The van der Waals surface area contributed by atoms with Gasteiger partial charge in [-0.2, -0.15) is 0 Å². The molecule has 0 saturated carbocycles. The van der Waals surface area contributed by atoms with Crippen LogP contribution in [0, 0.1) is 19.8 Å². The third kappa shape index (κ3) is 7.68. The van der Waals surface area contributed by atoms with Crippen molar-refractivity contribution in [3.05, 3.63) is 15.6 Å². The summed E-state index contributed by atoms with van der Waals surface area (Å²) in [6.07, 6.45) is 3.92. The van der Waals surface area contributed by atoms with E-state index in [9.17, 15) is 0 Å². The summed E-state index contributed by atoms with van der Waals surface area (Å²) >= 11 is 1.75. The van der Waals surface area contributed by atoms with E-state index >= 15 is 0 Å². The number of aryl methyl sites for hydroxylation is 2. The number of likely N-dealkylation sites (tertiary alicyclic amines) is 1. The van der Waals surface area contributed by atoms with E-state index in [4.69, 9.17) is 4.99 Å². The van der Waals surface area contributed by atoms with Gasteiger partial charge in [0.2, 0.25) is 0 Å². The highest BCUT2D eigenvalue weighted by Crippen LogP contribution is 2.18. The van der Waals surface area contributed by atoms with Crippen molar-refractivity contribution in [3.8, 4) is 0 Å². The lowest BCUT2D eigenvalue weighted by Crippen LogP contribution is -2.47. The molecule has 5 nitrogen and oxygen atoms in total. The lowest BCUT2D eigenvalue weighted by Gasteiger charge is -2.29. The largest absolute Gasteiger partial charge is 0.357 e. The van der Waals surface area contributed by atoms with Crippen LogP contribution in [0.2, 0.25) is 0 Å². The molecule has 2 heterocycles. The van der Waals surface area contributed by atoms with Gasteiger partial charge in [-0.3, -0.25) is 4.90 Å². The normalized spacial score (nSPS) is 16.6. The molecular weight excluding hydrogens is 457 g/mol. The van der Waals surface area contributed by atoms with Gasteiger partial charge in [-0.05, 0) is 59.0 Å². The minimum absolute atomic E-state index is 0. The number of hydrogen-bond donors (Lipinski definition) is 2. The van der Waals surface area contributed by atoms with Crippen molar-refractivity contribution in [2.24, 2.45) is 10.9 Å². The zero-order valence-electron chi connectivity index (χ0n) is 17.0. The number of aromatic nitrogens is 1. The molecule has 0 radical (unpaired) electrons. The maximum atomic E-state index is 4.78. The molecule has 0 spiro atoms. The molecule has 1 unspecified atom stereocenters. The fourth-order valence-corrected chi connectivity index (χ4v) is 4.30. The molecule has 0 bridgehead atoms. The van der Waals surface area contributed by atoms with Crippen molar-refractivity contribution in [1.29, 1.82) is 0 Å². The van der Waals surface area contributed by atoms with Crippen molar-refractivity contribution in [2.75, 3.05) is 26.2 Å². The van der Waals surface area contributed by atoms with Crippen LogP contribution in [0.4, 0.5) is 0 Å². The highest BCUT2D eigenvalue weighted by atomic mass is 127. The highest BCUT2D eigenvalue weighted by molar-refractivity contribution is 14.0. The molecular formula is C19H36IN5S. The van der Waals surface area contributed by atoms with E-state index in [1.165, 1.54) is 37.2 Å². The Morgan fingerprint density at radius 2 is 1.92 bits per heavy atom. The van der Waals surface area contributed by atoms with Crippen LogP contribution in [0.3, 0.4) is 0 Å². The van der Waals surface area contributed by atoms with Gasteiger partial charge < -0.3 is 10.6 Å². The van der Waals surface area contributed by atoms with E-state index in [1.54, 1.807) is 11.3 Å². The third-order valence-electron chi connectivity index (χ3n) is 4.63. The van der Waals surface area contributed by atoms with E-state index < -0.39 is 0 Å². The average Bonchev–Trinajstić information content (AvgIpc) is 3.18. The Kier molecular flexibility index (Phi) is 11.0. The standard InChI is InChI=1S/C19H35N5S.HI/c1-6-20-19(22-13-18-15(4)23-16(5)25-18)21-12-17(11-14(2)3)24-9-7-8-10-24;/h14,17H,6-13H2,1-5H3,(H2,20,21,22);1H. The molecule has 150 valence electrons. The van der Waals surface area contributed by atoms with Gasteiger partial charge in [-0.25, -0.2) is 9.98 Å².